The van der Waals surface area contributed by atoms with E-state index in [1.807, 2.05) is 0 Å². The van der Waals surface area contributed by atoms with Crippen LogP contribution in [-0.4, -0.2) is 25.6 Å². The molecule has 0 heterocycles. The molecule has 7 heteroatoms. The quantitative estimate of drug-likeness (QED) is 0.830. The number of rotatable bonds is 5. The Labute approximate surface area is 143 Å². The summed E-state index contributed by atoms with van der Waals surface area (Å²) in [6, 6.07) is 11.1. The van der Waals surface area contributed by atoms with Gasteiger partial charge in [-0.1, -0.05) is 23.2 Å². The normalized spacial score (nSPS) is 10.0. The molecule has 0 fully saturated rings. The van der Waals surface area contributed by atoms with Crippen LogP contribution in [0.25, 0.3) is 0 Å². The number of esters is 1. The summed E-state index contributed by atoms with van der Waals surface area (Å²) in [5, 5.41) is 3.53. The standard InChI is InChI=1S/C16H13Cl2NO4/c1-22-15(20)9-23-12-5-2-10(3-6-12)16(21)19-14-8-11(17)4-7-13(14)18/h2-8H,9H2,1H3,(H,19,21). The van der Waals surface area contributed by atoms with Gasteiger partial charge in [-0.05, 0) is 42.5 Å². The Morgan fingerprint density at radius 1 is 1.09 bits per heavy atom. The van der Waals surface area contributed by atoms with Gasteiger partial charge in [0.15, 0.2) is 6.61 Å². The van der Waals surface area contributed by atoms with Crippen molar-refractivity contribution in [1.29, 1.82) is 0 Å². The number of carbonyl (C=O) groups excluding carboxylic acids is 2. The minimum atomic E-state index is -0.484. The van der Waals surface area contributed by atoms with Gasteiger partial charge in [0.1, 0.15) is 5.75 Å². The Kier molecular flexibility index (Phi) is 5.84. The third kappa shape index (κ3) is 4.87. The average molecular weight is 354 g/mol. The van der Waals surface area contributed by atoms with E-state index in [4.69, 9.17) is 27.9 Å². The monoisotopic (exact) mass is 353 g/mol. The molecular formula is C16H13Cl2NO4. The molecule has 2 rings (SSSR count). The number of carbonyl (C=O) groups is 2. The molecule has 2 aromatic carbocycles. The molecule has 0 bridgehead atoms. The molecule has 0 radical (unpaired) electrons. The number of ether oxygens (including phenoxy) is 2. The zero-order valence-electron chi connectivity index (χ0n) is 12.1. The third-order valence-electron chi connectivity index (χ3n) is 2.88. The van der Waals surface area contributed by atoms with Gasteiger partial charge in [0, 0.05) is 10.6 Å². The van der Waals surface area contributed by atoms with E-state index in [-0.39, 0.29) is 12.5 Å². The van der Waals surface area contributed by atoms with Gasteiger partial charge in [0.2, 0.25) is 0 Å². The maximum absolute atomic E-state index is 12.2. The summed E-state index contributed by atoms with van der Waals surface area (Å²) in [6.07, 6.45) is 0. The fourth-order valence-electron chi connectivity index (χ4n) is 1.69. The van der Waals surface area contributed by atoms with Gasteiger partial charge in [0.25, 0.3) is 5.91 Å². The first-order valence-electron chi connectivity index (χ1n) is 6.55. The molecule has 0 saturated carbocycles. The van der Waals surface area contributed by atoms with Gasteiger partial charge in [-0.15, -0.1) is 0 Å². The van der Waals surface area contributed by atoms with Crippen LogP contribution >= 0.6 is 23.2 Å². The average Bonchev–Trinajstić information content (AvgIpc) is 2.56. The van der Waals surface area contributed by atoms with Crippen molar-refractivity contribution in [2.45, 2.75) is 0 Å². The Hall–Kier alpha value is -2.24. The highest BCUT2D eigenvalue weighted by atomic mass is 35.5. The maximum Gasteiger partial charge on any atom is 0.343 e. The van der Waals surface area contributed by atoms with E-state index in [2.05, 4.69) is 10.1 Å². The lowest BCUT2D eigenvalue weighted by molar-refractivity contribution is -0.142. The second-order valence-corrected chi connectivity index (χ2v) is 5.31. The summed E-state index contributed by atoms with van der Waals surface area (Å²) in [5.74, 6) is -0.371. The van der Waals surface area contributed by atoms with Crippen LogP contribution in [0, 0.1) is 0 Å². The Morgan fingerprint density at radius 3 is 2.43 bits per heavy atom. The fraction of sp³-hybridized carbons (Fsp3) is 0.125. The van der Waals surface area contributed by atoms with Gasteiger partial charge < -0.3 is 14.8 Å². The molecule has 23 heavy (non-hydrogen) atoms. The second kappa shape index (κ2) is 7.85. The Bertz CT molecular complexity index is 717. The lowest BCUT2D eigenvalue weighted by atomic mass is 10.2. The number of amides is 1. The van der Waals surface area contributed by atoms with Gasteiger partial charge in [-0.25, -0.2) is 4.79 Å². The first kappa shape index (κ1) is 17.1. The maximum atomic E-state index is 12.2. The van der Waals surface area contributed by atoms with Crippen molar-refractivity contribution >= 4 is 40.8 Å². The van der Waals surface area contributed by atoms with Crippen molar-refractivity contribution in [3.63, 3.8) is 0 Å². The second-order valence-electron chi connectivity index (χ2n) is 4.47. The predicted octanol–water partition coefficient (Wildman–Crippen LogP) is 3.80. The van der Waals surface area contributed by atoms with E-state index in [0.29, 0.717) is 27.0 Å². The highest BCUT2D eigenvalue weighted by Gasteiger charge is 2.10. The molecule has 2 aromatic rings. The molecule has 0 aliphatic rings. The fourth-order valence-corrected chi connectivity index (χ4v) is 2.03. The molecule has 0 unspecified atom stereocenters. The molecule has 120 valence electrons. The first-order chi connectivity index (χ1) is 11.0. The van der Waals surface area contributed by atoms with Crippen LogP contribution < -0.4 is 10.1 Å². The molecule has 1 amide bonds. The third-order valence-corrected chi connectivity index (χ3v) is 3.44. The zero-order chi connectivity index (χ0) is 16.8. The summed E-state index contributed by atoms with van der Waals surface area (Å²) >= 11 is 11.9. The largest absolute Gasteiger partial charge is 0.482 e. The predicted molar refractivity (Wildman–Crippen MR) is 88.4 cm³/mol. The first-order valence-corrected chi connectivity index (χ1v) is 7.31. The van der Waals surface area contributed by atoms with E-state index in [1.54, 1.807) is 42.5 Å². The van der Waals surface area contributed by atoms with Crippen molar-refractivity contribution in [3.05, 3.63) is 58.1 Å². The van der Waals surface area contributed by atoms with E-state index in [9.17, 15) is 9.59 Å². The number of anilines is 1. The summed E-state index contributed by atoms with van der Waals surface area (Å²) in [7, 11) is 1.28. The lowest BCUT2D eigenvalue weighted by Gasteiger charge is -2.09. The number of halogens is 2. The van der Waals surface area contributed by atoms with E-state index < -0.39 is 5.97 Å². The molecule has 1 N–H and O–H groups in total. The summed E-state index contributed by atoms with van der Waals surface area (Å²) < 4.78 is 9.67. The van der Waals surface area contributed by atoms with Crippen LogP contribution in [0.4, 0.5) is 5.69 Å². The van der Waals surface area contributed by atoms with Crippen LogP contribution in [0.1, 0.15) is 10.4 Å². The minimum absolute atomic E-state index is 0.194. The summed E-state index contributed by atoms with van der Waals surface area (Å²) in [6.45, 7) is -0.194. The van der Waals surface area contributed by atoms with Gasteiger partial charge in [-0.2, -0.15) is 0 Å². The molecule has 0 atom stereocenters. The molecular weight excluding hydrogens is 341 g/mol. The van der Waals surface area contributed by atoms with Gasteiger partial charge in [0.05, 0.1) is 17.8 Å². The molecule has 0 aromatic heterocycles. The van der Waals surface area contributed by atoms with Crippen molar-refractivity contribution in [1.82, 2.24) is 0 Å². The van der Waals surface area contributed by atoms with E-state index in [1.165, 1.54) is 7.11 Å². The van der Waals surface area contributed by atoms with Crippen LogP contribution in [-0.2, 0) is 9.53 Å². The Morgan fingerprint density at radius 2 is 1.78 bits per heavy atom. The van der Waals surface area contributed by atoms with Crippen LogP contribution in [0.5, 0.6) is 5.75 Å². The molecule has 0 spiro atoms. The minimum Gasteiger partial charge on any atom is -0.482 e. The molecule has 0 aliphatic carbocycles. The van der Waals surface area contributed by atoms with Crippen LogP contribution in [0.3, 0.4) is 0 Å². The smallest absolute Gasteiger partial charge is 0.343 e. The van der Waals surface area contributed by atoms with Gasteiger partial charge in [-0.3, -0.25) is 4.79 Å². The van der Waals surface area contributed by atoms with Crippen molar-refractivity contribution in [2.24, 2.45) is 0 Å². The number of hydrogen-bond acceptors (Lipinski definition) is 4. The van der Waals surface area contributed by atoms with Crippen molar-refractivity contribution in [2.75, 3.05) is 19.0 Å². The van der Waals surface area contributed by atoms with E-state index >= 15 is 0 Å². The van der Waals surface area contributed by atoms with Gasteiger partial charge >= 0.3 is 5.97 Å². The number of nitrogens with one attached hydrogen (secondary N) is 1. The molecule has 0 aliphatic heterocycles. The van der Waals surface area contributed by atoms with Crippen LogP contribution in [0.2, 0.25) is 10.0 Å². The molecule has 0 saturated heterocycles. The SMILES string of the molecule is COC(=O)COc1ccc(C(=O)Nc2cc(Cl)ccc2Cl)cc1. The Balaban J connectivity index is 2.02. The van der Waals surface area contributed by atoms with Crippen molar-refractivity contribution < 1.29 is 19.1 Å². The lowest BCUT2D eigenvalue weighted by Crippen LogP contribution is -2.13. The van der Waals surface area contributed by atoms with Crippen molar-refractivity contribution in [3.8, 4) is 5.75 Å². The highest BCUT2D eigenvalue weighted by Crippen LogP contribution is 2.26. The topological polar surface area (TPSA) is 64.6 Å². The van der Waals surface area contributed by atoms with Crippen LogP contribution in [0.15, 0.2) is 42.5 Å². The summed E-state index contributed by atoms with van der Waals surface area (Å²) in [4.78, 5) is 23.2. The number of benzene rings is 2. The highest BCUT2D eigenvalue weighted by molar-refractivity contribution is 6.35. The number of methoxy groups -OCH3 is 1. The zero-order valence-corrected chi connectivity index (χ0v) is 13.6. The number of hydrogen-bond donors (Lipinski definition) is 1. The molecule has 5 nitrogen and oxygen atoms in total. The summed E-state index contributed by atoms with van der Waals surface area (Å²) in [5.41, 5.74) is 0.835. The van der Waals surface area contributed by atoms with E-state index in [0.717, 1.165) is 0 Å².